The van der Waals surface area contributed by atoms with Crippen molar-refractivity contribution >= 4 is 11.9 Å². The van der Waals surface area contributed by atoms with E-state index in [9.17, 15) is 9.59 Å². The highest BCUT2D eigenvalue weighted by Gasteiger charge is 2.45. The first-order chi connectivity index (χ1) is 6.96. The maximum Gasteiger partial charge on any atom is 0.329 e. The Morgan fingerprint density at radius 2 is 2.00 bits per heavy atom. The van der Waals surface area contributed by atoms with Crippen molar-refractivity contribution in [3.8, 4) is 0 Å². The summed E-state index contributed by atoms with van der Waals surface area (Å²) in [4.78, 5) is 22.4. The molecule has 1 aliphatic rings. The molecule has 1 amide bonds. The van der Waals surface area contributed by atoms with Gasteiger partial charge in [-0.1, -0.05) is 13.8 Å². The zero-order valence-corrected chi connectivity index (χ0v) is 9.17. The van der Waals surface area contributed by atoms with Gasteiger partial charge in [-0.15, -0.1) is 0 Å². The number of amides is 1. The predicted molar refractivity (Wildman–Crippen MR) is 55.5 cm³/mol. The Bertz CT molecular complexity index is 259. The lowest BCUT2D eigenvalue weighted by atomic mass is 9.77. The molecule has 5 heteroatoms. The van der Waals surface area contributed by atoms with Gasteiger partial charge in [-0.05, 0) is 19.3 Å². The first-order valence-corrected chi connectivity index (χ1v) is 5.24. The molecule has 0 atom stereocenters. The molecule has 0 aromatic rings. The Morgan fingerprint density at radius 3 is 2.33 bits per heavy atom. The SMILES string of the molecule is CC(C)NCC(=O)NC1(C(=O)O)CCC1. The van der Waals surface area contributed by atoms with E-state index in [-0.39, 0.29) is 18.5 Å². The molecule has 15 heavy (non-hydrogen) atoms. The molecule has 0 aliphatic heterocycles. The van der Waals surface area contributed by atoms with Crippen LogP contribution in [0.2, 0.25) is 0 Å². The van der Waals surface area contributed by atoms with Crippen molar-refractivity contribution in [1.82, 2.24) is 10.6 Å². The molecular formula is C10H18N2O3. The minimum absolute atomic E-state index is 0.173. The van der Waals surface area contributed by atoms with Crippen molar-refractivity contribution in [2.75, 3.05) is 6.54 Å². The van der Waals surface area contributed by atoms with Gasteiger partial charge in [0.15, 0.2) is 0 Å². The zero-order valence-electron chi connectivity index (χ0n) is 9.17. The van der Waals surface area contributed by atoms with E-state index in [2.05, 4.69) is 10.6 Å². The third-order valence-corrected chi connectivity index (χ3v) is 2.67. The van der Waals surface area contributed by atoms with Gasteiger partial charge in [0.1, 0.15) is 5.54 Å². The largest absolute Gasteiger partial charge is 0.480 e. The van der Waals surface area contributed by atoms with E-state index < -0.39 is 11.5 Å². The summed E-state index contributed by atoms with van der Waals surface area (Å²) in [5, 5.41) is 14.5. The van der Waals surface area contributed by atoms with E-state index >= 15 is 0 Å². The normalized spacial score (nSPS) is 18.3. The fourth-order valence-corrected chi connectivity index (χ4v) is 1.53. The fraction of sp³-hybridized carbons (Fsp3) is 0.800. The van der Waals surface area contributed by atoms with Crippen LogP contribution in [0.15, 0.2) is 0 Å². The van der Waals surface area contributed by atoms with Crippen molar-refractivity contribution in [2.24, 2.45) is 0 Å². The molecule has 0 spiro atoms. The molecule has 1 saturated carbocycles. The molecule has 0 aromatic carbocycles. The molecule has 1 aliphatic carbocycles. The monoisotopic (exact) mass is 214 g/mol. The molecule has 1 fully saturated rings. The Labute approximate surface area is 89.2 Å². The fourth-order valence-electron chi connectivity index (χ4n) is 1.53. The van der Waals surface area contributed by atoms with Gasteiger partial charge in [0.05, 0.1) is 6.54 Å². The summed E-state index contributed by atoms with van der Waals surface area (Å²) in [6.45, 7) is 4.04. The summed E-state index contributed by atoms with van der Waals surface area (Å²) in [5.74, 6) is -1.17. The standard InChI is InChI=1S/C10H18N2O3/c1-7(2)11-6-8(13)12-10(9(14)15)4-3-5-10/h7,11H,3-6H2,1-2H3,(H,12,13)(H,14,15). The number of carboxylic acids is 1. The van der Waals surface area contributed by atoms with Crippen LogP contribution in [-0.2, 0) is 9.59 Å². The summed E-state index contributed by atoms with van der Waals surface area (Å²) >= 11 is 0. The van der Waals surface area contributed by atoms with Crippen LogP contribution in [-0.4, -0.2) is 35.1 Å². The third kappa shape index (κ3) is 2.92. The highest BCUT2D eigenvalue weighted by atomic mass is 16.4. The Kier molecular flexibility index (Phi) is 3.68. The summed E-state index contributed by atoms with van der Waals surface area (Å²) in [5.41, 5.74) is -0.990. The van der Waals surface area contributed by atoms with E-state index in [0.717, 1.165) is 6.42 Å². The Hall–Kier alpha value is -1.10. The van der Waals surface area contributed by atoms with Crippen LogP contribution in [0.4, 0.5) is 0 Å². The molecule has 0 bridgehead atoms. The molecule has 86 valence electrons. The topological polar surface area (TPSA) is 78.4 Å². The predicted octanol–water partition coefficient (Wildman–Crippen LogP) is 0.108. The number of carbonyl (C=O) groups is 2. The smallest absolute Gasteiger partial charge is 0.329 e. The maximum absolute atomic E-state index is 11.4. The molecule has 1 rings (SSSR count). The number of aliphatic carboxylic acids is 1. The number of carbonyl (C=O) groups excluding carboxylic acids is 1. The number of nitrogens with one attached hydrogen (secondary N) is 2. The van der Waals surface area contributed by atoms with Crippen molar-refractivity contribution in [3.05, 3.63) is 0 Å². The second-order valence-electron chi connectivity index (χ2n) is 4.32. The van der Waals surface area contributed by atoms with Crippen molar-refractivity contribution in [1.29, 1.82) is 0 Å². The van der Waals surface area contributed by atoms with Crippen molar-refractivity contribution in [2.45, 2.75) is 44.7 Å². The van der Waals surface area contributed by atoms with E-state index in [0.29, 0.717) is 12.8 Å². The number of rotatable bonds is 5. The van der Waals surface area contributed by atoms with Crippen LogP contribution in [0.25, 0.3) is 0 Å². The van der Waals surface area contributed by atoms with Gasteiger partial charge in [-0.25, -0.2) is 4.79 Å². The summed E-state index contributed by atoms with van der Waals surface area (Å²) < 4.78 is 0. The first-order valence-electron chi connectivity index (χ1n) is 5.24. The van der Waals surface area contributed by atoms with Gasteiger partial charge in [0.2, 0.25) is 5.91 Å². The van der Waals surface area contributed by atoms with E-state index in [1.807, 2.05) is 13.8 Å². The van der Waals surface area contributed by atoms with E-state index in [1.165, 1.54) is 0 Å². The highest BCUT2D eigenvalue weighted by molar-refractivity contribution is 5.88. The minimum Gasteiger partial charge on any atom is -0.480 e. The zero-order chi connectivity index (χ0) is 11.5. The molecular weight excluding hydrogens is 196 g/mol. The summed E-state index contributed by atoms with van der Waals surface area (Å²) in [7, 11) is 0. The van der Waals surface area contributed by atoms with Crippen molar-refractivity contribution < 1.29 is 14.7 Å². The van der Waals surface area contributed by atoms with Gasteiger partial charge >= 0.3 is 5.97 Å². The lowest BCUT2D eigenvalue weighted by molar-refractivity contribution is -0.151. The molecule has 0 radical (unpaired) electrons. The van der Waals surface area contributed by atoms with Gasteiger partial charge in [0.25, 0.3) is 0 Å². The molecule has 0 saturated heterocycles. The number of carboxylic acid groups (broad SMARTS) is 1. The Balaban J connectivity index is 2.39. The maximum atomic E-state index is 11.4. The number of hydrogen-bond donors (Lipinski definition) is 3. The van der Waals surface area contributed by atoms with Gasteiger partial charge in [-0.3, -0.25) is 4.79 Å². The Morgan fingerprint density at radius 1 is 1.40 bits per heavy atom. The minimum atomic E-state index is -0.990. The quantitative estimate of drug-likeness (QED) is 0.607. The molecule has 0 unspecified atom stereocenters. The van der Waals surface area contributed by atoms with Gasteiger partial charge in [-0.2, -0.15) is 0 Å². The van der Waals surface area contributed by atoms with Crippen LogP contribution < -0.4 is 10.6 Å². The van der Waals surface area contributed by atoms with Gasteiger partial charge in [0, 0.05) is 6.04 Å². The average molecular weight is 214 g/mol. The molecule has 0 heterocycles. The molecule has 5 nitrogen and oxygen atoms in total. The second-order valence-corrected chi connectivity index (χ2v) is 4.32. The third-order valence-electron chi connectivity index (χ3n) is 2.67. The van der Waals surface area contributed by atoms with Crippen LogP contribution in [0.3, 0.4) is 0 Å². The van der Waals surface area contributed by atoms with Crippen LogP contribution >= 0.6 is 0 Å². The van der Waals surface area contributed by atoms with Crippen LogP contribution in [0.5, 0.6) is 0 Å². The van der Waals surface area contributed by atoms with E-state index in [4.69, 9.17) is 5.11 Å². The average Bonchev–Trinajstić information content (AvgIpc) is 2.07. The van der Waals surface area contributed by atoms with Crippen LogP contribution in [0, 0.1) is 0 Å². The first kappa shape index (κ1) is 12.0. The van der Waals surface area contributed by atoms with Crippen LogP contribution in [0.1, 0.15) is 33.1 Å². The lowest BCUT2D eigenvalue weighted by Gasteiger charge is -2.38. The highest BCUT2D eigenvalue weighted by Crippen LogP contribution is 2.31. The lowest BCUT2D eigenvalue weighted by Crippen LogP contribution is -2.60. The second kappa shape index (κ2) is 4.61. The van der Waals surface area contributed by atoms with E-state index in [1.54, 1.807) is 0 Å². The summed E-state index contributed by atoms with van der Waals surface area (Å²) in [6, 6.07) is 0.220. The van der Waals surface area contributed by atoms with Crippen molar-refractivity contribution in [3.63, 3.8) is 0 Å². The summed E-state index contributed by atoms with van der Waals surface area (Å²) in [6.07, 6.45) is 1.94. The molecule has 0 aromatic heterocycles. The molecule has 3 N–H and O–H groups in total. The van der Waals surface area contributed by atoms with Gasteiger partial charge < -0.3 is 15.7 Å². The number of hydrogen-bond acceptors (Lipinski definition) is 3.